The molecule has 0 radical (unpaired) electrons. The van der Waals surface area contributed by atoms with E-state index < -0.39 is 0 Å². The van der Waals surface area contributed by atoms with Crippen molar-refractivity contribution in [3.05, 3.63) is 44.8 Å². The Hall–Kier alpha value is -3.05. The molecule has 1 aliphatic carbocycles. The summed E-state index contributed by atoms with van der Waals surface area (Å²) >= 11 is 1.62. The summed E-state index contributed by atoms with van der Waals surface area (Å²) in [6, 6.07) is 7.75. The van der Waals surface area contributed by atoms with Crippen molar-refractivity contribution in [3.8, 4) is 17.6 Å². The molecule has 7 nitrogen and oxygen atoms in total. The van der Waals surface area contributed by atoms with Crippen LogP contribution in [0, 0.1) is 11.3 Å². The molecule has 1 N–H and O–H groups in total. The number of nitriles is 1. The van der Waals surface area contributed by atoms with Crippen LogP contribution in [0.4, 0.5) is 5.69 Å². The zero-order valence-electron chi connectivity index (χ0n) is 15.9. The Morgan fingerprint density at radius 1 is 1.21 bits per heavy atom. The van der Waals surface area contributed by atoms with E-state index in [0.717, 1.165) is 47.5 Å². The third-order valence-electron chi connectivity index (χ3n) is 5.38. The lowest BCUT2D eigenvalue weighted by Gasteiger charge is -2.19. The molecule has 5 rings (SSSR count). The Bertz CT molecular complexity index is 1190. The van der Waals surface area contributed by atoms with Crippen LogP contribution in [-0.2, 0) is 25.9 Å². The van der Waals surface area contributed by atoms with E-state index in [-0.39, 0.29) is 12.1 Å². The van der Waals surface area contributed by atoms with Crippen LogP contribution in [0.5, 0.6) is 11.5 Å². The maximum absolute atomic E-state index is 13.2. The summed E-state index contributed by atoms with van der Waals surface area (Å²) in [4.78, 5) is 20.0. The van der Waals surface area contributed by atoms with Gasteiger partial charge in [-0.1, -0.05) is 0 Å². The van der Waals surface area contributed by atoms with E-state index in [2.05, 4.69) is 11.4 Å². The van der Waals surface area contributed by atoms with Gasteiger partial charge in [0.2, 0.25) is 0 Å². The van der Waals surface area contributed by atoms with Crippen LogP contribution in [-0.4, -0.2) is 22.8 Å². The molecule has 0 unspecified atom stereocenters. The van der Waals surface area contributed by atoms with Crippen LogP contribution in [0.25, 0.3) is 10.2 Å². The summed E-state index contributed by atoms with van der Waals surface area (Å²) in [6.45, 7) is 1.41. The SMILES string of the molecule is N#CCn1c(CNc2ccc3c(c2)OCCO3)nc2sc3c(c2c1=O)CCCC3. The molecule has 0 saturated heterocycles. The molecule has 1 aromatic carbocycles. The Balaban J connectivity index is 1.50. The molecule has 2 aliphatic rings. The summed E-state index contributed by atoms with van der Waals surface area (Å²) in [7, 11) is 0. The fourth-order valence-corrected chi connectivity index (χ4v) is 5.25. The van der Waals surface area contributed by atoms with Gasteiger partial charge in [-0.25, -0.2) is 4.98 Å². The zero-order valence-corrected chi connectivity index (χ0v) is 16.7. The minimum absolute atomic E-state index is 0.00938. The third kappa shape index (κ3) is 3.21. The van der Waals surface area contributed by atoms with Gasteiger partial charge in [-0.3, -0.25) is 9.36 Å². The van der Waals surface area contributed by atoms with E-state index in [0.29, 0.717) is 36.7 Å². The number of rotatable bonds is 4. The van der Waals surface area contributed by atoms with E-state index in [9.17, 15) is 10.1 Å². The maximum atomic E-state index is 13.2. The predicted octanol–water partition coefficient (Wildman–Crippen LogP) is 3.24. The lowest BCUT2D eigenvalue weighted by Crippen LogP contribution is -2.26. The van der Waals surface area contributed by atoms with Crippen LogP contribution >= 0.6 is 11.3 Å². The lowest BCUT2D eigenvalue weighted by atomic mass is 9.97. The predicted molar refractivity (Wildman–Crippen MR) is 111 cm³/mol. The van der Waals surface area contributed by atoms with Crippen molar-refractivity contribution in [2.75, 3.05) is 18.5 Å². The number of nitrogens with one attached hydrogen (secondary N) is 1. The molecule has 3 heterocycles. The van der Waals surface area contributed by atoms with Crippen molar-refractivity contribution in [2.24, 2.45) is 0 Å². The van der Waals surface area contributed by atoms with E-state index in [1.165, 1.54) is 9.44 Å². The summed E-state index contributed by atoms with van der Waals surface area (Å²) in [5.74, 6) is 1.99. The monoisotopic (exact) mass is 408 g/mol. The van der Waals surface area contributed by atoms with Crippen LogP contribution in [0.15, 0.2) is 23.0 Å². The molecular formula is C21H20N4O3S. The summed E-state index contributed by atoms with van der Waals surface area (Å²) in [5, 5.41) is 13.3. The first-order valence-electron chi connectivity index (χ1n) is 9.79. The van der Waals surface area contributed by atoms with Crippen molar-refractivity contribution in [3.63, 3.8) is 0 Å². The van der Waals surface area contributed by atoms with Crippen molar-refractivity contribution in [1.29, 1.82) is 5.26 Å². The second kappa shape index (κ2) is 7.41. The van der Waals surface area contributed by atoms with Crippen LogP contribution < -0.4 is 20.3 Å². The molecular weight excluding hydrogens is 388 g/mol. The number of benzene rings is 1. The highest BCUT2D eigenvalue weighted by molar-refractivity contribution is 7.18. The second-order valence-corrected chi connectivity index (χ2v) is 8.26. The molecule has 3 aromatic rings. The molecule has 2 aromatic heterocycles. The fourth-order valence-electron chi connectivity index (χ4n) is 3.98. The molecule has 8 heteroatoms. The number of hydrogen-bond donors (Lipinski definition) is 1. The highest BCUT2D eigenvalue weighted by Gasteiger charge is 2.22. The number of nitrogens with zero attached hydrogens (tertiary/aromatic N) is 3. The maximum Gasteiger partial charge on any atom is 0.263 e. The number of anilines is 1. The Kier molecular flexibility index (Phi) is 4.60. The summed E-state index contributed by atoms with van der Waals surface area (Å²) < 4.78 is 12.7. The number of fused-ring (bicyclic) bond motifs is 4. The lowest BCUT2D eigenvalue weighted by molar-refractivity contribution is 0.171. The molecule has 1 aliphatic heterocycles. The molecule has 0 spiro atoms. The molecule has 0 atom stereocenters. The van der Waals surface area contributed by atoms with Gasteiger partial charge in [0, 0.05) is 16.6 Å². The Morgan fingerprint density at radius 2 is 2.03 bits per heavy atom. The quantitative estimate of drug-likeness (QED) is 0.713. The van der Waals surface area contributed by atoms with E-state index in [1.807, 2.05) is 18.2 Å². The number of hydrogen-bond acceptors (Lipinski definition) is 7. The average Bonchev–Trinajstić information content (AvgIpc) is 3.13. The molecule has 29 heavy (non-hydrogen) atoms. The van der Waals surface area contributed by atoms with E-state index >= 15 is 0 Å². The zero-order chi connectivity index (χ0) is 19.8. The molecule has 148 valence electrons. The first-order chi connectivity index (χ1) is 14.2. The van der Waals surface area contributed by atoms with E-state index in [1.54, 1.807) is 11.3 Å². The molecule has 0 fully saturated rings. The Labute approximate surface area is 171 Å². The topological polar surface area (TPSA) is 89.2 Å². The smallest absolute Gasteiger partial charge is 0.263 e. The van der Waals surface area contributed by atoms with Gasteiger partial charge in [0.15, 0.2) is 11.5 Å². The van der Waals surface area contributed by atoms with Crippen LogP contribution in [0.2, 0.25) is 0 Å². The highest BCUT2D eigenvalue weighted by atomic mass is 32.1. The number of aromatic nitrogens is 2. The van der Waals surface area contributed by atoms with Gasteiger partial charge in [-0.05, 0) is 43.4 Å². The van der Waals surface area contributed by atoms with Crippen LogP contribution in [0.3, 0.4) is 0 Å². The van der Waals surface area contributed by atoms with Gasteiger partial charge in [0.25, 0.3) is 5.56 Å². The van der Waals surface area contributed by atoms with Crippen molar-refractivity contribution < 1.29 is 9.47 Å². The standard InChI is InChI=1S/C21H20N4O3S/c22-7-8-25-18(12-23-13-5-6-15-16(11-13)28-10-9-27-15)24-20-19(21(25)26)14-3-1-2-4-17(14)29-20/h5-6,11,23H,1-4,8-10,12H2. The minimum Gasteiger partial charge on any atom is -0.486 e. The van der Waals surface area contributed by atoms with Gasteiger partial charge in [-0.15, -0.1) is 11.3 Å². The first-order valence-corrected chi connectivity index (χ1v) is 10.6. The number of thiophene rings is 1. The normalized spacial score (nSPS) is 15.0. The van der Waals surface area contributed by atoms with Crippen LogP contribution in [0.1, 0.15) is 29.1 Å². The second-order valence-electron chi connectivity index (χ2n) is 7.18. The molecule has 0 amide bonds. The molecule has 0 bridgehead atoms. The van der Waals surface area contributed by atoms with Gasteiger partial charge >= 0.3 is 0 Å². The van der Waals surface area contributed by atoms with Crippen molar-refractivity contribution in [1.82, 2.24) is 9.55 Å². The van der Waals surface area contributed by atoms with Gasteiger partial charge in [-0.2, -0.15) is 5.26 Å². The summed E-state index contributed by atoms with van der Waals surface area (Å²) in [6.07, 6.45) is 4.20. The van der Waals surface area contributed by atoms with E-state index in [4.69, 9.17) is 14.5 Å². The summed E-state index contributed by atoms with van der Waals surface area (Å²) in [5.41, 5.74) is 1.89. The number of ether oxygens (including phenoxy) is 2. The fraction of sp³-hybridized carbons (Fsp3) is 0.381. The largest absolute Gasteiger partial charge is 0.486 e. The van der Waals surface area contributed by atoms with Crippen molar-refractivity contribution >= 4 is 27.2 Å². The van der Waals surface area contributed by atoms with Crippen molar-refractivity contribution in [2.45, 2.75) is 38.8 Å². The highest BCUT2D eigenvalue weighted by Crippen LogP contribution is 2.34. The number of aryl methyl sites for hydroxylation is 2. The Morgan fingerprint density at radius 3 is 2.90 bits per heavy atom. The third-order valence-corrected chi connectivity index (χ3v) is 6.56. The van der Waals surface area contributed by atoms with Gasteiger partial charge in [0.05, 0.1) is 18.0 Å². The van der Waals surface area contributed by atoms with Gasteiger partial charge < -0.3 is 14.8 Å². The first kappa shape index (κ1) is 18.0. The molecule has 0 saturated carbocycles. The minimum atomic E-state index is -0.102. The average molecular weight is 408 g/mol. The van der Waals surface area contributed by atoms with Gasteiger partial charge in [0.1, 0.15) is 30.4 Å².